The van der Waals surface area contributed by atoms with E-state index in [1.165, 1.54) is 0 Å². The predicted octanol–water partition coefficient (Wildman–Crippen LogP) is 2.00. The summed E-state index contributed by atoms with van der Waals surface area (Å²) in [6.07, 6.45) is -3.22. The van der Waals surface area contributed by atoms with Gasteiger partial charge in [0, 0.05) is 0 Å². The van der Waals surface area contributed by atoms with Crippen molar-refractivity contribution in [2.24, 2.45) is 0 Å². The quantitative estimate of drug-likeness (QED) is 0.598. The summed E-state index contributed by atoms with van der Waals surface area (Å²) in [5.74, 6) is -5.16. The third-order valence-electron chi connectivity index (χ3n) is 1.40. The average molecular weight is 209 g/mol. The van der Waals surface area contributed by atoms with E-state index in [0.29, 0.717) is 0 Å². The van der Waals surface area contributed by atoms with Gasteiger partial charge in [0.05, 0.1) is 5.56 Å². The fourth-order valence-corrected chi connectivity index (χ4v) is 0.818. The van der Waals surface area contributed by atoms with E-state index in [-0.39, 0.29) is 6.07 Å². The van der Waals surface area contributed by atoms with Gasteiger partial charge in [-0.2, -0.15) is 4.39 Å². The molecule has 14 heavy (non-hydrogen) atoms. The molecule has 1 N–H and O–H groups in total. The third-order valence-corrected chi connectivity index (χ3v) is 1.40. The molecular weight excluding hydrogens is 206 g/mol. The van der Waals surface area contributed by atoms with Gasteiger partial charge in [-0.15, -0.1) is 0 Å². The summed E-state index contributed by atoms with van der Waals surface area (Å²) >= 11 is 0. The highest BCUT2D eigenvalue weighted by molar-refractivity contribution is 5.87. The maximum absolute atomic E-state index is 12.4. The SMILES string of the molecule is O=C(O)c1nc(F)c(F)cc1C(F)F. The number of nitrogens with zero attached hydrogens (tertiary/aromatic N) is 1. The second kappa shape index (κ2) is 3.60. The van der Waals surface area contributed by atoms with Crippen molar-refractivity contribution < 1.29 is 27.5 Å². The largest absolute Gasteiger partial charge is 0.476 e. The first-order chi connectivity index (χ1) is 6.43. The Morgan fingerprint density at radius 1 is 1.43 bits per heavy atom. The Morgan fingerprint density at radius 3 is 2.43 bits per heavy atom. The van der Waals surface area contributed by atoms with Gasteiger partial charge in [-0.3, -0.25) is 0 Å². The lowest BCUT2D eigenvalue weighted by atomic mass is 10.2. The van der Waals surface area contributed by atoms with Crippen molar-refractivity contribution in [1.29, 1.82) is 0 Å². The fourth-order valence-electron chi connectivity index (χ4n) is 0.818. The number of rotatable bonds is 2. The van der Waals surface area contributed by atoms with Crippen molar-refractivity contribution in [2.45, 2.75) is 6.43 Å². The topological polar surface area (TPSA) is 50.2 Å². The zero-order valence-corrected chi connectivity index (χ0v) is 6.47. The van der Waals surface area contributed by atoms with Crippen LogP contribution in [0.2, 0.25) is 0 Å². The molecule has 0 atom stereocenters. The minimum absolute atomic E-state index is 0.121. The number of carboxylic acid groups (broad SMARTS) is 1. The molecule has 0 aromatic carbocycles. The van der Waals surface area contributed by atoms with Gasteiger partial charge in [0.25, 0.3) is 6.43 Å². The highest BCUT2D eigenvalue weighted by Gasteiger charge is 2.22. The molecule has 1 aromatic heterocycles. The number of hydrogen-bond acceptors (Lipinski definition) is 2. The Balaban J connectivity index is 3.39. The van der Waals surface area contributed by atoms with Crippen molar-refractivity contribution in [1.82, 2.24) is 4.98 Å². The molecule has 0 saturated carbocycles. The van der Waals surface area contributed by atoms with Crippen LogP contribution >= 0.6 is 0 Å². The van der Waals surface area contributed by atoms with Gasteiger partial charge in [-0.1, -0.05) is 0 Å². The standard InChI is InChI=1S/C7H3F4NO2/c8-3-1-2(5(9)10)4(7(13)14)12-6(3)11/h1,5H,(H,13,14). The number of pyridine rings is 1. The molecule has 1 rings (SSSR count). The van der Waals surface area contributed by atoms with Crippen LogP contribution in [0.15, 0.2) is 6.07 Å². The van der Waals surface area contributed by atoms with E-state index in [1.807, 2.05) is 0 Å². The van der Waals surface area contributed by atoms with Gasteiger partial charge in [0.2, 0.25) is 5.95 Å². The number of alkyl halides is 2. The molecule has 3 nitrogen and oxygen atoms in total. The number of aromatic nitrogens is 1. The smallest absolute Gasteiger partial charge is 0.355 e. The van der Waals surface area contributed by atoms with Crippen LogP contribution in [0.1, 0.15) is 22.5 Å². The van der Waals surface area contributed by atoms with Gasteiger partial charge in [-0.05, 0) is 6.07 Å². The van der Waals surface area contributed by atoms with Crippen LogP contribution in [0, 0.1) is 11.8 Å². The van der Waals surface area contributed by atoms with Crippen LogP contribution in [0.25, 0.3) is 0 Å². The van der Waals surface area contributed by atoms with E-state index in [1.54, 1.807) is 0 Å². The summed E-state index contributed by atoms with van der Waals surface area (Å²) in [5.41, 5.74) is -2.32. The van der Waals surface area contributed by atoms with E-state index in [9.17, 15) is 22.4 Å². The second-order valence-electron chi connectivity index (χ2n) is 2.30. The molecule has 0 bridgehead atoms. The number of halogens is 4. The molecule has 0 fully saturated rings. The van der Waals surface area contributed by atoms with Gasteiger partial charge in [0.1, 0.15) is 0 Å². The fraction of sp³-hybridized carbons (Fsp3) is 0.143. The number of carbonyl (C=O) groups is 1. The molecule has 0 radical (unpaired) electrons. The highest BCUT2D eigenvalue weighted by atomic mass is 19.3. The van der Waals surface area contributed by atoms with Crippen LogP contribution in [-0.4, -0.2) is 16.1 Å². The summed E-state index contributed by atoms with van der Waals surface area (Å²) in [4.78, 5) is 12.9. The van der Waals surface area contributed by atoms with Crippen LogP contribution < -0.4 is 0 Å². The molecule has 1 heterocycles. The minimum atomic E-state index is -3.22. The molecular formula is C7H3F4NO2. The van der Waals surface area contributed by atoms with Gasteiger partial charge in [-0.25, -0.2) is 22.9 Å². The first-order valence-electron chi connectivity index (χ1n) is 3.31. The Bertz CT molecular complexity index is 380. The Kier molecular flexibility index (Phi) is 2.68. The van der Waals surface area contributed by atoms with Crippen molar-refractivity contribution in [3.8, 4) is 0 Å². The number of aromatic carboxylic acids is 1. The van der Waals surface area contributed by atoms with Gasteiger partial charge < -0.3 is 5.11 Å². The average Bonchev–Trinajstić information content (AvgIpc) is 2.08. The van der Waals surface area contributed by atoms with E-state index < -0.39 is 35.4 Å². The molecule has 1 aromatic rings. The van der Waals surface area contributed by atoms with E-state index in [0.717, 1.165) is 0 Å². The summed E-state index contributed by atoms with van der Waals surface area (Å²) in [6.45, 7) is 0. The predicted molar refractivity (Wildman–Crippen MR) is 36.1 cm³/mol. The summed E-state index contributed by atoms with van der Waals surface area (Å²) in [5, 5.41) is 8.34. The zero-order valence-electron chi connectivity index (χ0n) is 6.47. The van der Waals surface area contributed by atoms with E-state index in [4.69, 9.17) is 5.11 Å². The highest BCUT2D eigenvalue weighted by Crippen LogP contribution is 2.23. The Labute approximate surface area is 75.0 Å². The first kappa shape index (κ1) is 10.4. The molecule has 0 spiro atoms. The van der Waals surface area contributed by atoms with Gasteiger partial charge in [0.15, 0.2) is 11.5 Å². The lowest BCUT2D eigenvalue weighted by molar-refractivity contribution is 0.0674. The van der Waals surface area contributed by atoms with Crippen molar-refractivity contribution in [3.05, 3.63) is 29.1 Å². The first-order valence-corrected chi connectivity index (χ1v) is 3.31. The molecule has 0 aliphatic carbocycles. The molecule has 0 amide bonds. The molecule has 0 saturated heterocycles. The van der Waals surface area contributed by atoms with Crippen molar-refractivity contribution >= 4 is 5.97 Å². The summed E-state index contributed by atoms with van der Waals surface area (Å²) in [7, 11) is 0. The monoisotopic (exact) mass is 209 g/mol. The lowest BCUT2D eigenvalue weighted by Gasteiger charge is -2.03. The Hall–Kier alpha value is -1.66. The second-order valence-corrected chi connectivity index (χ2v) is 2.30. The molecule has 0 aliphatic rings. The van der Waals surface area contributed by atoms with Crippen LogP contribution in [0.4, 0.5) is 17.6 Å². The van der Waals surface area contributed by atoms with Crippen LogP contribution in [0.5, 0.6) is 0 Å². The molecule has 0 unspecified atom stereocenters. The maximum Gasteiger partial charge on any atom is 0.355 e. The van der Waals surface area contributed by atoms with Crippen LogP contribution in [0.3, 0.4) is 0 Å². The van der Waals surface area contributed by atoms with Gasteiger partial charge >= 0.3 is 5.97 Å². The van der Waals surface area contributed by atoms with Crippen molar-refractivity contribution in [2.75, 3.05) is 0 Å². The number of carboxylic acids is 1. The maximum atomic E-state index is 12.4. The van der Waals surface area contributed by atoms with Crippen molar-refractivity contribution in [3.63, 3.8) is 0 Å². The minimum Gasteiger partial charge on any atom is -0.476 e. The summed E-state index contributed by atoms with van der Waals surface area (Å²) in [6, 6.07) is 0.121. The number of hydrogen-bond donors (Lipinski definition) is 1. The lowest BCUT2D eigenvalue weighted by Crippen LogP contribution is -2.09. The normalized spacial score (nSPS) is 10.6. The van der Waals surface area contributed by atoms with E-state index in [2.05, 4.69) is 4.98 Å². The Morgan fingerprint density at radius 2 is 2.00 bits per heavy atom. The van der Waals surface area contributed by atoms with Crippen LogP contribution in [-0.2, 0) is 0 Å². The zero-order chi connectivity index (χ0) is 10.9. The molecule has 0 aliphatic heterocycles. The third kappa shape index (κ3) is 1.81. The van der Waals surface area contributed by atoms with E-state index >= 15 is 0 Å². The summed E-state index contributed by atoms with van der Waals surface area (Å²) < 4.78 is 49.0. The molecule has 7 heteroatoms. The molecule has 76 valence electrons.